The molecule has 0 radical (unpaired) electrons. The average Bonchev–Trinajstić information content (AvgIpc) is 3.02. The Kier molecular flexibility index (Phi) is 3.59. The summed E-state index contributed by atoms with van der Waals surface area (Å²) in [4.78, 5) is 12.3. The van der Waals surface area contributed by atoms with E-state index >= 15 is 0 Å². The number of nitrogens with one attached hydrogen (secondary N) is 1. The minimum atomic E-state index is -2.89. The summed E-state index contributed by atoms with van der Waals surface area (Å²) in [6.07, 6.45) is 4.39. The maximum absolute atomic E-state index is 12.3. The van der Waals surface area contributed by atoms with Gasteiger partial charge in [0, 0.05) is 5.92 Å². The molecule has 108 valence electrons. The van der Waals surface area contributed by atoms with Gasteiger partial charge in [0.05, 0.1) is 5.69 Å². The number of rotatable bonds is 4. The van der Waals surface area contributed by atoms with E-state index in [1.54, 1.807) is 18.2 Å². The van der Waals surface area contributed by atoms with Crippen molar-refractivity contribution in [3.63, 3.8) is 0 Å². The first-order valence-corrected chi connectivity index (χ1v) is 6.98. The zero-order valence-corrected chi connectivity index (χ0v) is 11.0. The summed E-state index contributed by atoms with van der Waals surface area (Å²) in [5.74, 6) is 1.10. The molecule has 2 saturated carbocycles. The van der Waals surface area contributed by atoms with Gasteiger partial charge >= 0.3 is 6.61 Å². The Bertz CT molecular complexity index is 506. The molecule has 3 atom stereocenters. The second-order valence-electron chi connectivity index (χ2n) is 5.65. The number of alkyl halides is 2. The summed E-state index contributed by atoms with van der Waals surface area (Å²) in [6.45, 7) is -2.89. The Morgan fingerprint density at radius 1 is 1.25 bits per heavy atom. The van der Waals surface area contributed by atoms with Crippen LogP contribution in [0.25, 0.3) is 0 Å². The normalized spacial score (nSPS) is 27.9. The molecule has 1 amide bonds. The molecule has 0 saturated heterocycles. The Balaban J connectivity index is 1.70. The fourth-order valence-corrected chi connectivity index (χ4v) is 3.56. The SMILES string of the molecule is O=C(Nc1ccccc1OC(F)F)C1CC2CCC1C2. The summed E-state index contributed by atoms with van der Waals surface area (Å²) in [5, 5.41) is 2.75. The van der Waals surface area contributed by atoms with Crippen LogP contribution < -0.4 is 10.1 Å². The van der Waals surface area contributed by atoms with Crippen LogP contribution in [-0.4, -0.2) is 12.5 Å². The number of amides is 1. The van der Waals surface area contributed by atoms with Crippen LogP contribution in [0.5, 0.6) is 5.75 Å². The van der Waals surface area contributed by atoms with Gasteiger partial charge in [0.25, 0.3) is 0 Å². The fraction of sp³-hybridized carbons (Fsp3) is 0.533. The first kappa shape index (κ1) is 13.3. The summed E-state index contributed by atoms with van der Waals surface area (Å²) < 4.78 is 29.1. The first-order valence-electron chi connectivity index (χ1n) is 6.98. The highest BCUT2D eigenvalue weighted by molar-refractivity contribution is 5.94. The first-order chi connectivity index (χ1) is 9.63. The summed E-state index contributed by atoms with van der Waals surface area (Å²) >= 11 is 0. The molecule has 1 aromatic rings. The Morgan fingerprint density at radius 3 is 2.70 bits per heavy atom. The molecule has 0 heterocycles. The summed E-state index contributed by atoms with van der Waals surface area (Å²) in [7, 11) is 0. The lowest BCUT2D eigenvalue weighted by Gasteiger charge is -2.21. The average molecular weight is 281 g/mol. The fourth-order valence-electron chi connectivity index (χ4n) is 3.56. The Morgan fingerprint density at radius 2 is 2.05 bits per heavy atom. The Hall–Kier alpha value is -1.65. The molecule has 2 aliphatic carbocycles. The van der Waals surface area contributed by atoms with Crippen molar-refractivity contribution in [3.05, 3.63) is 24.3 Å². The molecule has 2 fully saturated rings. The minimum absolute atomic E-state index is 0.0130. The molecule has 3 unspecified atom stereocenters. The summed E-state index contributed by atoms with van der Waals surface area (Å²) in [5.41, 5.74) is 0.320. The van der Waals surface area contributed by atoms with E-state index in [4.69, 9.17) is 0 Å². The largest absolute Gasteiger partial charge is 0.433 e. The van der Waals surface area contributed by atoms with Gasteiger partial charge in [-0.05, 0) is 43.2 Å². The van der Waals surface area contributed by atoms with Crippen molar-refractivity contribution in [2.75, 3.05) is 5.32 Å². The molecule has 3 rings (SSSR count). The third-order valence-corrected chi connectivity index (χ3v) is 4.44. The molecule has 0 spiro atoms. The van der Waals surface area contributed by atoms with Crippen molar-refractivity contribution in [3.8, 4) is 5.75 Å². The quantitative estimate of drug-likeness (QED) is 0.914. The third-order valence-electron chi connectivity index (χ3n) is 4.44. The zero-order valence-electron chi connectivity index (χ0n) is 11.0. The van der Waals surface area contributed by atoms with Gasteiger partial charge in [-0.2, -0.15) is 8.78 Å². The standard InChI is InChI=1S/C15H17F2NO2/c16-15(17)20-13-4-2-1-3-12(13)18-14(19)11-8-9-5-6-10(11)7-9/h1-4,9-11,15H,5-8H2,(H,18,19). The second-order valence-corrected chi connectivity index (χ2v) is 5.65. The maximum Gasteiger partial charge on any atom is 0.387 e. The lowest BCUT2D eigenvalue weighted by atomic mass is 9.88. The molecule has 3 nitrogen and oxygen atoms in total. The van der Waals surface area contributed by atoms with E-state index < -0.39 is 6.61 Å². The Labute approximate surface area is 116 Å². The van der Waals surface area contributed by atoms with Crippen molar-refractivity contribution in [2.24, 2.45) is 17.8 Å². The number of carbonyl (C=O) groups is 1. The van der Waals surface area contributed by atoms with Crippen LogP contribution in [0, 0.1) is 17.8 Å². The van der Waals surface area contributed by atoms with E-state index in [1.165, 1.54) is 12.5 Å². The molecule has 2 bridgehead atoms. The molecule has 1 N–H and O–H groups in total. The number of ether oxygens (including phenoxy) is 1. The van der Waals surface area contributed by atoms with Crippen molar-refractivity contribution < 1.29 is 18.3 Å². The van der Waals surface area contributed by atoms with Crippen molar-refractivity contribution in [2.45, 2.75) is 32.3 Å². The van der Waals surface area contributed by atoms with Gasteiger partial charge in [-0.15, -0.1) is 0 Å². The van der Waals surface area contributed by atoms with Gasteiger partial charge in [-0.3, -0.25) is 4.79 Å². The monoisotopic (exact) mass is 281 g/mol. The van der Waals surface area contributed by atoms with Crippen LogP contribution in [0.15, 0.2) is 24.3 Å². The maximum atomic E-state index is 12.3. The van der Waals surface area contributed by atoms with E-state index in [-0.39, 0.29) is 17.6 Å². The highest BCUT2D eigenvalue weighted by Crippen LogP contribution is 2.48. The summed E-state index contributed by atoms with van der Waals surface area (Å²) in [6, 6.07) is 6.31. The van der Waals surface area contributed by atoms with Gasteiger partial charge in [-0.1, -0.05) is 18.6 Å². The predicted molar refractivity (Wildman–Crippen MR) is 70.6 cm³/mol. The van der Waals surface area contributed by atoms with Crippen LogP contribution in [0.2, 0.25) is 0 Å². The molecule has 0 aliphatic heterocycles. The molecule has 5 heteroatoms. The van der Waals surface area contributed by atoms with Gasteiger partial charge in [0.1, 0.15) is 5.75 Å². The van der Waals surface area contributed by atoms with Crippen LogP contribution in [0.4, 0.5) is 14.5 Å². The number of para-hydroxylation sites is 2. The predicted octanol–water partition coefficient (Wildman–Crippen LogP) is 3.66. The number of anilines is 1. The van der Waals surface area contributed by atoms with Crippen LogP contribution in [0.1, 0.15) is 25.7 Å². The zero-order chi connectivity index (χ0) is 14.1. The number of fused-ring (bicyclic) bond motifs is 2. The molecule has 1 aromatic carbocycles. The minimum Gasteiger partial charge on any atom is -0.433 e. The second kappa shape index (κ2) is 5.38. The number of benzene rings is 1. The van der Waals surface area contributed by atoms with Gasteiger partial charge in [0.2, 0.25) is 5.91 Å². The topological polar surface area (TPSA) is 38.3 Å². The molecular formula is C15H17F2NO2. The van der Waals surface area contributed by atoms with Crippen LogP contribution >= 0.6 is 0 Å². The van der Waals surface area contributed by atoms with E-state index in [0.29, 0.717) is 17.5 Å². The number of hydrogen-bond donors (Lipinski definition) is 1. The highest BCUT2D eigenvalue weighted by atomic mass is 19.3. The van der Waals surface area contributed by atoms with Gasteiger partial charge in [0.15, 0.2) is 0 Å². The molecular weight excluding hydrogens is 264 g/mol. The highest BCUT2D eigenvalue weighted by Gasteiger charge is 2.43. The van der Waals surface area contributed by atoms with Crippen molar-refractivity contribution in [1.82, 2.24) is 0 Å². The lowest BCUT2D eigenvalue weighted by molar-refractivity contribution is -0.121. The van der Waals surface area contributed by atoms with Gasteiger partial charge < -0.3 is 10.1 Å². The molecule has 0 aromatic heterocycles. The van der Waals surface area contributed by atoms with Crippen molar-refractivity contribution >= 4 is 11.6 Å². The number of carbonyl (C=O) groups excluding carboxylic acids is 1. The number of hydrogen-bond acceptors (Lipinski definition) is 2. The number of halogens is 2. The lowest BCUT2D eigenvalue weighted by Crippen LogP contribution is -2.27. The molecule has 2 aliphatic rings. The van der Waals surface area contributed by atoms with Gasteiger partial charge in [-0.25, -0.2) is 0 Å². The van der Waals surface area contributed by atoms with Crippen LogP contribution in [0.3, 0.4) is 0 Å². The molecule has 20 heavy (non-hydrogen) atoms. The smallest absolute Gasteiger partial charge is 0.387 e. The van der Waals surface area contributed by atoms with Crippen molar-refractivity contribution in [1.29, 1.82) is 0 Å². The van der Waals surface area contributed by atoms with E-state index in [1.807, 2.05) is 0 Å². The van der Waals surface area contributed by atoms with E-state index in [2.05, 4.69) is 10.1 Å². The third kappa shape index (κ3) is 2.62. The van der Waals surface area contributed by atoms with E-state index in [9.17, 15) is 13.6 Å². The van der Waals surface area contributed by atoms with Crippen LogP contribution in [-0.2, 0) is 4.79 Å². The van der Waals surface area contributed by atoms with E-state index in [0.717, 1.165) is 19.3 Å².